The van der Waals surface area contributed by atoms with Crippen LogP contribution in [0.25, 0.3) is 0 Å². The zero-order chi connectivity index (χ0) is 26.9. The Balaban J connectivity index is 1.36. The van der Waals surface area contributed by atoms with E-state index in [2.05, 4.69) is 0 Å². The van der Waals surface area contributed by atoms with Gasteiger partial charge in [0.25, 0.3) is 5.91 Å². The average molecular weight is 542 g/mol. The van der Waals surface area contributed by atoms with Crippen molar-refractivity contribution in [3.05, 3.63) is 65.6 Å². The number of methoxy groups -OCH3 is 3. The van der Waals surface area contributed by atoms with E-state index in [1.54, 1.807) is 56.6 Å². The van der Waals surface area contributed by atoms with Crippen molar-refractivity contribution in [3.8, 4) is 17.2 Å². The standard InChI is InChI=1S/C27H31N3O7S/c1-34-23-7-6-21(17-22(23)28-10-12-29(13-11-28)27(31)24-5-4-14-37-24)38(32,33)30-9-8-19-15-25(35-2)26(36-3)16-20(19)18-30/h4-7,14-17H,8-13,18H2,1-3H3. The van der Waals surface area contributed by atoms with Crippen molar-refractivity contribution < 1.29 is 31.8 Å². The Hall–Kier alpha value is -3.70. The highest BCUT2D eigenvalue weighted by atomic mass is 32.2. The lowest BCUT2D eigenvalue weighted by Crippen LogP contribution is -2.48. The summed E-state index contributed by atoms with van der Waals surface area (Å²) in [6.45, 7) is 2.63. The highest BCUT2D eigenvalue weighted by Gasteiger charge is 2.31. The molecule has 1 aromatic heterocycles. The third-order valence-electron chi connectivity index (χ3n) is 7.11. The maximum absolute atomic E-state index is 13.7. The maximum atomic E-state index is 13.7. The number of amides is 1. The van der Waals surface area contributed by atoms with E-state index >= 15 is 0 Å². The normalized spacial score (nSPS) is 16.2. The van der Waals surface area contributed by atoms with Crippen LogP contribution in [0.4, 0.5) is 5.69 Å². The molecule has 38 heavy (non-hydrogen) atoms. The van der Waals surface area contributed by atoms with Crippen LogP contribution in [0.3, 0.4) is 0 Å². The van der Waals surface area contributed by atoms with Crippen molar-refractivity contribution in [3.63, 3.8) is 0 Å². The van der Waals surface area contributed by atoms with E-state index in [1.807, 2.05) is 17.0 Å². The molecule has 1 fully saturated rings. The van der Waals surface area contributed by atoms with E-state index in [1.165, 1.54) is 10.6 Å². The van der Waals surface area contributed by atoms with Gasteiger partial charge in [-0.1, -0.05) is 0 Å². The van der Waals surface area contributed by atoms with Crippen LogP contribution in [0.2, 0.25) is 0 Å². The fourth-order valence-electron chi connectivity index (χ4n) is 5.00. The molecule has 0 bridgehead atoms. The molecule has 0 N–H and O–H groups in total. The summed E-state index contributed by atoms with van der Waals surface area (Å²) in [5.41, 5.74) is 2.62. The molecule has 3 heterocycles. The molecular weight excluding hydrogens is 510 g/mol. The van der Waals surface area contributed by atoms with Gasteiger partial charge in [0.15, 0.2) is 17.3 Å². The number of anilines is 1. The fourth-order valence-corrected chi connectivity index (χ4v) is 6.43. The Morgan fingerprint density at radius 2 is 1.53 bits per heavy atom. The molecule has 0 unspecified atom stereocenters. The zero-order valence-corrected chi connectivity index (χ0v) is 22.5. The number of nitrogens with zero attached hydrogens (tertiary/aromatic N) is 3. The number of benzene rings is 2. The number of piperazine rings is 1. The molecule has 2 aliphatic rings. The van der Waals surface area contributed by atoms with Crippen LogP contribution in [0, 0.1) is 0 Å². The molecule has 3 aromatic rings. The summed E-state index contributed by atoms with van der Waals surface area (Å²) < 4.78 is 50.6. The first kappa shape index (κ1) is 25.9. The summed E-state index contributed by atoms with van der Waals surface area (Å²) in [7, 11) is 0.932. The summed E-state index contributed by atoms with van der Waals surface area (Å²) >= 11 is 0. The van der Waals surface area contributed by atoms with Crippen molar-refractivity contribution in [2.45, 2.75) is 17.9 Å². The Labute approximate surface area is 222 Å². The summed E-state index contributed by atoms with van der Waals surface area (Å²) in [5, 5.41) is 0. The molecule has 5 rings (SSSR count). The minimum atomic E-state index is -3.78. The highest BCUT2D eigenvalue weighted by molar-refractivity contribution is 7.89. The van der Waals surface area contributed by atoms with Crippen molar-refractivity contribution in [2.75, 3.05) is 59.0 Å². The van der Waals surface area contributed by atoms with Crippen LogP contribution in [0.1, 0.15) is 21.7 Å². The molecule has 0 aliphatic carbocycles. The molecule has 0 saturated carbocycles. The van der Waals surface area contributed by atoms with Gasteiger partial charge in [0.2, 0.25) is 10.0 Å². The fraction of sp³-hybridized carbons (Fsp3) is 0.370. The van der Waals surface area contributed by atoms with E-state index in [0.717, 1.165) is 11.1 Å². The van der Waals surface area contributed by atoms with E-state index < -0.39 is 10.0 Å². The Bertz CT molecular complexity index is 1410. The minimum Gasteiger partial charge on any atom is -0.495 e. The third kappa shape index (κ3) is 4.79. The van der Waals surface area contributed by atoms with Gasteiger partial charge in [0.1, 0.15) is 5.75 Å². The summed E-state index contributed by atoms with van der Waals surface area (Å²) in [6, 6.07) is 12.0. The Kier molecular flexibility index (Phi) is 7.22. The quantitative estimate of drug-likeness (QED) is 0.450. The second kappa shape index (κ2) is 10.6. The number of rotatable bonds is 7. The molecule has 1 amide bonds. The summed E-state index contributed by atoms with van der Waals surface area (Å²) in [5.74, 6) is 1.94. The average Bonchev–Trinajstić information content (AvgIpc) is 3.50. The lowest BCUT2D eigenvalue weighted by molar-refractivity contribution is 0.0714. The van der Waals surface area contributed by atoms with E-state index in [9.17, 15) is 13.2 Å². The minimum absolute atomic E-state index is 0.155. The van der Waals surface area contributed by atoms with E-state index in [0.29, 0.717) is 67.8 Å². The molecule has 0 spiro atoms. The largest absolute Gasteiger partial charge is 0.495 e. The number of fused-ring (bicyclic) bond motifs is 1. The van der Waals surface area contributed by atoms with Crippen LogP contribution in [0.5, 0.6) is 17.2 Å². The van der Waals surface area contributed by atoms with Crippen LogP contribution in [-0.2, 0) is 23.0 Å². The zero-order valence-electron chi connectivity index (χ0n) is 21.7. The Morgan fingerprint density at radius 1 is 0.842 bits per heavy atom. The molecule has 202 valence electrons. The lowest BCUT2D eigenvalue weighted by Gasteiger charge is -2.36. The van der Waals surface area contributed by atoms with Crippen molar-refractivity contribution in [1.29, 1.82) is 0 Å². The lowest BCUT2D eigenvalue weighted by atomic mass is 10.0. The SMILES string of the molecule is COc1cc2c(cc1OC)CN(S(=O)(=O)c1ccc(OC)c(N3CCN(C(=O)c4ccco4)CC3)c1)CC2. The third-order valence-corrected chi connectivity index (χ3v) is 8.95. The maximum Gasteiger partial charge on any atom is 0.289 e. The highest BCUT2D eigenvalue weighted by Crippen LogP contribution is 2.36. The molecule has 0 atom stereocenters. The number of furan rings is 1. The first-order chi connectivity index (χ1) is 18.3. The number of carbonyl (C=O) groups excluding carboxylic acids is 1. The molecular formula is C27H31N3O7S. The predicted molar refractivity (Wildman–Crippen MR) is 141 cm³/mol. The topological polar surface area (TPSA) is 102 Å². The molecule has 11 heteroatoms. The Morgan fingerprint density at radius 3 is 2.16 bits per heavy atom. The van der Waals surface area contributed by atoms with Crippen LogP contribution in [0.15, 0.2) is 58.0 Å². The van der Waals surface area contributed by atoms with Gasteiger partial charge in [-0.3, -0.25) is 4.79 Å². The van der Waals surface area contributed by atoms with Gasteiger partial charge in [-0.15, -0.1) is 0 Å². The predicted octanol–water partition coefficient (Wildman–Crippen LogP) is 3.01. The molecule has 0 radical (unpaired) electrons. The van der Waals surface area contributed by atoms with Gasteiger partial charge in [-0.25, -0.2) is 8.42 Å². The molecule has 1 saturated heterocycles. The number of hydrogen-bond donors (Lipinski definition) is 0. The van der Waals surface area contributed by atoms with Gasteiger partial charge in [-0.05, 0) is 60.0 Å². The number of ether oxygens (including phenoxy) is 3. The van der Waals surface area contributed by atoms with Crippen molar-refractivity contribution in [2.24, 2.45) is 0 Å². The van der Waals surface area contributed by atoms with Gasteiger partial charge >= 0.3 is 0 Å². The van der Waals surface area contributed by atoms with E-state index in [4.69, 9.17) is 18.6 Å². The van der Waals surface area contributed by atoms with Gasteiger partial charge < -0.3 is 28.4 Å². The second-order valence-electron chi connectivity index (χ2n) is 9.15. The molecule has 10 nitrogen and oxygen atoms in total. The van der Waals surface area contributed by atoms with Gasteiger partial charge in [-0.2, -0.15) is 4.31 Å². The first-order valence-corrected chi connectivity index (χ1v) is 13.8. The van der Waals surface area contributed by atoms with E-state index in [-0.39, 0.29) is 17.3 Å². The van der Waals surface area contributed by atoms with Gasteiger partial charge in [0, 0.05) is 39.3 Å². The summed E-state index contributed by atoms with van der Waals surface area (Å²) in [6.07, 6.45) is 2.05. The van der Waals surface area contributed by atoms with Gasteiger partial charge in [0.05, 0.1) is 38.2 Å². The van der Waals surface area contributed by atoms with Crippen LogP contribution in [-0.4, -0.2) is 77.6 Å². The number of hydrogen-bond acceptors (Lipinski definition) is 8. The van der Waals surface area contributed by atoms with Crippen LogP contribution >= 0.6 is 0 Å². The monoisotopic (exact) mass is 541 g/mol. The number of sulfonamides is 1. The molecule has 2 aliphatic heterocycles. The smallest absolute Gasteiger partial charge is 0.289 e. The van der Waals surface area contributed by atoms with Crippen molar-refractivity contribution in [1.82, 2.24) is 9.21 Å². The molecule has 2 aromatic carbocycles. The van der Waals surface area contributed by atoms with Crippen LogP contribution < -0.4 is 19.1 Å². The first-order valence-electron chi connectivity index (χ1n) is 12.4. The summed E-state index contributed by atoms with van der Waals surface area (Å²) in [4.78, 5) is 16.6. The number of carbonyl (C=O) groups is 1. The second-order valence-corrected chi connectivity index (χ2v) is 11.1. The van der Waals surface area contributed by atoms with Crippen molar-refractivity contribution >= 4 is 21.6 Å².